The summed E-state index contributed by atoms with van der Waals surface area (Å²) >= 11 is 4.76. The Hall–Kier alpha value is -0.880. The van der Waals surface area contributed by atoms with Crippen molar-refractivity contribution in [1.82, 2.24) is 4.90 Å². The molecule has 1 fully saturated rings. The Morgan fingerprint density at radius 2 is 2.29 bits per heavy atom. The van der Waals surface area contributed by atoms with Gasteiger partial charge in [0.1, 0.15) is 4.88 Å². The van der Waals surface area contributed by atoms with E-state index in [1.165, 1.54) is 11.3 Å². The lowest BCUT2D eigenvalue weighted by molar-refractivity contribution is -0.123. The predicted molar refractivity (Wildman–Crippen MR) is 69.8 cm³/mol. The topological polar surface area (TPSA) is 63.4 Å². The average molecular weight is 317 g/mol. The molecule has 1 saturated heterocycles. The van der Waals surface area contributed by atoms with E-state index >= 15 is 0 Å². The molecule has 1 aliphatic heterocycles. The predicted octanol–water partition coefficient (Wildman–Crippen LogP) is 1.85. The number of halogens is 1. The van der Waals surface area contributed by atoms with Gasteiger partial charge in [0.25, 0.3) is 5.91 Å². The first kappa shape index (κ1) is 12.6. The molecule has 0 spiro atoms. The van der Waals surface area contributed by atoms with Crippen molar-refractivity contribution in [3.63, 3.8) is 0 Å². The van der Waals surface area contributed by atoms with Crippen LogP contribution in [-0.4, -0.2) is 29.8 Å². The molecule has 2 heterocycles. The standard InChI is InChI=1S/C11H13BrN2O2S/c12-8-3-5-17-9(8)11(16)14-4-1-2-7(6-14)10(13)15/h3,5,7H,1-2,4,6H2,(H2,13,15)/t7-/m0/s1. The molecule has 0 aliphatic carbocycles. The average Bonchev–Trinajstić information content (AvgIpc) is 2.74. The zero-order valence-electron chi connectivity index (χ0n) is 9.19. The summed E-state index contributed by atoms with van der Waals surface area (Å²) in [4.78, 5) is 25.8. The van der Waals surface area contributed by atoms with Crippen molar-refractivity contribution < 1.29 is 9.59 Å². The highest BCUT2D eigenvalue weighted by Crippen LogP contribution is 2.26. The number of primary amides is 1. The third-order valence-electron chi connectivity index (χ3n) is 2.92. The minimum absolute atomic E-state index is 0.0159. The number of hydrogen-bond donors (Lipinski definition) is 1. The van der Waals surface area contributed by atoms with Gasteiger partial charge >= 0.3 is 0 Å². The van der Waals surface area contributed by atoms with Crippen molar-refractivity contribution in [3.8, 4) is 0 Å². The smallest absolute Gasteiger partial charge is 0.265 e. The number of likely N-dealkylation sites (tertiary alicyclic amines) is 1. The van der Waals surface area contributed by atoms with Gasteiger partial charge in [-0.15, -0.1) is 11.3 Å². The molecule has 1 aromatic rings. The second-order valence-corrected chi connectivity index (χ2v) is 5.86. The lowest BCUT2D eigenvalue weighted by Crippen LogP contribution is -2.43. The first-order valence-electron chi connectivity index (χ1n) is 5.41. The fourth-order valence-electron chi connectivity index (χ4n) is 1.98. The first-order chi connectivity index (χ1) is 8.09. The normalized spacial score (nSPS) is 20.3. The monoisotopic (exact) mass is 316 g/mol. The molecule has 0 saturated carbocycles. The molecule has 2 rings (SSSR count). The fourth-order valence-corrected chi connectivity index (χ4v) is 3.49. The van der Waals surface area contributed by atoms with Crippen molar-refractivity contribution in [2.75, 3.05) is 13.1 Å². The number of hydrogen-bond acceptors (Lipinski definition) is 3. The molecule has 92 valence electrons. The molecule has 1 aliphatic rings. The van der Waals surface area contributed by atoms with Crippen LogP contribution in [0.2, 0.25) is 0 Å². The Bertz CT molecular complexity index is 446. The largest absolute Gasteiger partial charge is 0.369 e. The van der Waals surface area contributed by atoms with Crippen LogP contribution in [-0.2, 0) is 4.79 Å². The van der Waals surface area contributed by atoms with Crippen LogP contribution in [0.1, 0.15) is 22.5 Å². The van der Waals surface area contributed by atoms with Gasteiger partial charge in [-0.25, -0.2) is 0 Å². The first-order valence-corrected chi connectivity index (χ1v) is 7.08. The van der Waals surface area contributed by atoms with Gasteiger partial charge in [-0.05, 0) is 40.2 Å². The molecule has 0 radical (unpaired) electrons. The van der Waals surface area contributed by atoms with Crippen LogP contribution in [0.5, 0.6) is 0 Å². The molecule has 0 bridgehead atoms. The maximum Gasteiger partial charge on any atom is 0.265 e. The zero-order chi connectivity index (χ0) is 12.4. The van der Waals surface area contributed by atoms with E-state index in [2.05, 4.69) is 15.9 Å². The second kappa shape index (κ2) is 5.18. The van der Waals surface area contributed by atoms with E-state index in [0.717, 1.165) is 17.3 Å². The van der Waals surface area contributed by atoms with E-state index in [-0.39, 0.29) is 17.7 Å². The molecule has 2 amide bonds. The molecule has 0 aromatic carbocycles. The van der Waals surface area contributed by atoms with Crippen molar-refractivity contribution in [3.05, 3.63) is 20.8 Å². The van der Waals surface area contributed by atoms with Gasteiger partial charge in [0.2, 0.25) is 5.91 Å². The van der Waals surface area contributed by atoms with Gasteiger partial charge < -0.3 is 10.6 Å². The minimum Gasteiger partial charge on any atom is -0.369 e. The van der Waals surface area contributed by atoms with E-state index in [1.54, 1.807) is 4.90 Å². The Balaban J connectivity index is 2.10. The molecule has 4 nitrogen and oxygen atoms in total. The number of amides is 2. The van der Waals surface area contributed by atoms with Crippen LogP contribution in [0, 0.1) is 5.92 Å². The van der Waals surface area contributed by atoms with Gasteiger partial charge in [0.15, 0.2) is 0 Å². The SMILES string of the molecule is NC(=O)[C@H]1CCCN(C(=O)c2sccc2Br)C1. The Morgan fingerprint density at radius 1 is 1.53 bits per heavy atom. The molecular weight excluding hydrogens is 304 g/mol. The highest BCUT2D eigenvalue weighted by molar-refractivity contribution is 9.10. The molecule has 17 heavy (non-hydrogen) atoms. The highest BCUT2D eigenvalue weighted by Gasteiger charge is 2.28. The van der Waals surface area contributed by atoms with Crippen molar-refractivity contribution in [1.29, 1.82) is 0 Å². The van der Waals surface area contributed by atoms with E-state index < -0.39 is 0 Å². The van der Waals surface area contributed by atoms with Gasteiger partial charge in [0, 0.05) is 17.6 Å². The Kier molecular flexibility index (Phi) is 3.83. The summed E-state index contributed by atoms with van der Waals surface area (Å²) in [6.45, 7) is 1.14. The summed E-state index contributed by atoms with van der Waals surface area (Å²) in [6.07, 6.45) is 1.62. The lowest BCUT2D eigenvalue weighted by Gasteiger charge is -2.31. The summed E-state index contributed by atoms with van der Waals surface area (Å²) in [6, 6.07) is 1.85. The number of carbonyl (C=O) groups is 2. The van der Waals surface area contributed by atoms with Crippen molar-refractivity contribution >= 4 is 39.1 Å². The fraction of sp³-hybridized carbons (Fsp3) is 0.455. The molecule has 1 aromatic heterocycles. The molecule has 6 heteroatoms. The summed E-state index contributed by atoms with van der Waals surface area (Å²) in [5.74, 6) is -0.531. The number of thiophene rings is 1. The van der Waals surface area contributed by atoms with Gasteiger partial charge in [-0.3, -0.25) is 9.59 Å². The highest BCUT2D eigenvalue weighted by atomic mass is 79.9. The summed E-state index contributed by atoms with van der Waals surface area (Å²) in [5, 5.41) is 1.87. The second-order valence-electron chi connectivity index (χ2n) is 4.09. The van der Waals surface area contributed by atoms with Gasteiger partial charge in [-0.1, -0.05) is 0 Å². The van der Waals surface area contributed by atoms with Crippen LogP contribution in [0.3, 0.4) is 0 Å². The number of nitrogens with zero attached hydrogens (tertiary/aromatic N) is 1. The maximum absolute atomic E-state index is 12.2. The number of nitrogens with two attached hydrogens (primary N) is 1. The Labute approximate surface area is 112 Å². The minimum atomic E-state index is -0.312. The van der Waals surface area contributed by atoms with Crippen LogP contribution < -0.4 is 5.73 Å². The van der Waals surface area contributed by atoms with Crippen LogP contribution in [0.15, 0.2) is 15.9 Å². The van der Waals surface area contributed by atoms with Crippen molar-refractivity contribution in [2.45, 2.75) is 12.8 Å². The van der Waals surface area contributed by atoms with E-state index in [9.17, 15) is 9.59 Å². The summed E-state index contributed by atoms with van der Waals surface area (Å²) in [5.41, 5.74) is 5.29. The molecule has 1 atom stereocenters. The van der Waals surface area contributed by atoms with Crippen LogP contribution >= 0.6 is 27.3 Å². The maximum atomic E-state index is 12.2. The van der Waals surface area contributed by atoms with Crippen molar-refractivity contribution in [2.24, 2.45) is 11.7 Å². The van der Waals surface area contributed by atoms with Crippen LogP contribution in [0.25, 0.3) is 0 Å². The number of piperidine rings is 1. The van der Waals surface area contributed by atoms with E-state index in [4.69, 9.17) is 5.73 Å². The summed E-state index contributed by atoms with van der Waals surface area (Å²) < 4.78 is 0.814. The third-order valence-corrected chi connectivity index (χ3v) is 4.75. The van der Waals surface area contributed by atoms with Gasteiger partial charge in [-0.2, -0.15) is 0 Å². The lowest BCUT2D eigenvalue weighted by atomic mass is 9.97. The number of rotatable bonds is 2. The quantitative estimate of drug-likeness (QED) is 0.905. The van der Waals surface area contributed by atoms with E-state index in [1.807, 2.05) is 11.4 Å². The molecule has 0 unspecified atom stereocenters. The van der Waals surface area contributed by atoms with E-state index in [0.29, 0.717) is 18.0 Å². The van der Waals surface area contributed by atoms with Crippen LogP contribution in [0.4, 0.5) is 0 Å². The zero-order valence-corrected chi connectivity index (χ0v) is 11.6. The molecular formula is C11H13BrN2O2S. The third kappa shape index (κ3) is 2.69. The molecule has 2 N–H and O–H groups in total. The Morgan fingerprint density at radius 3 is 2.88 bits per heavy atom. The summed E-state index contributed by atoms with van der Waals surface area (Å²) in [7, 11) is 0. The number of carbonyl (C=O) groups excluding carboxylic acids is 2. The van der Waals surface area contributed by atoms with Gasteiger partial charge in [0.05, 0.1) is 5.92 Å².